The molecule has 0 spiro atoms. The molecule has 4 aromatic carbocycles. The third kappa shape index (κ3) is 5.67. The van der Waals surface area contributed by atoms with Crippen molar-refractivity contribution in [3.63, 3.8) is 0 Å². The molecule has 8 heteroatoms. The van der Waals surface area contributed by atoms with Crippen molar-refractivity contribution in [2.75, 3.05) is 0 Å². The van der Waals surface area contributed by atoms with Gasteiger partial charge in [-0.2, -0.15) is 0 Å². The maximum Gasteiger partial charge on any atom is 0.265 e. The summed E-state index contributed by atoms with van der Waals surface area (Å²) < 4.78 is 33.7. The molecule has 1 aliphatic heterocycles. The van der Waals surface area contributed by atoms with Crippen molar-refractivity contribution in [2.24, 2.45) is 0 Å². The first-order valence-electron chi connectivity index (χ1n) is 11.6. The van der Waals surface area contributed by atoms with E-state index in [2.05, 4.69) is 17.7 Å². The monoisotopic (exact) mass is 551 g/mol. The number of hydrogen-bond acceptors (Lipinski definition) is 4. The molecule has 0 radical (unpaired) electrons. The highest BCUT2D eigenvalue weighted by Crippen LogP contribution is 2.39. The van der Waals surface area contributed by atoms with E-state index in [4.69, 9.17) is 27.9 Å². The molecule has 188 valence electrons. The van der Waals surface area contributed by atoms with Gasteiger partial charge in [-0.1, -0.05) is 53.5 Å². The first-order chi connectivity index (χ1) is 17.6. The highest BCUT2D eigenvalue weighted by atomic mass is 35.5. The van der Waals surface area contributed by atoms with Gasteiger partial charge < -0.3 is 4.74 Å². The minimum absolute atomic E-state index is 0.0401. The highest BCUT2D eigenvalue weighted by molar-refractivity contribution is 7.90. The number of carbonyl (C=O) groups excluding carboxylic acids is 1. The fraction of sp³-hybridized carbons (Fsp3) is 0.138. The number of sulfonamides is 1. The average molecular weight is 552 g/mol. The molecule has 1 unspecified atom stereocenters. The number of nitrogens with one attached hydrogen (secondary N) is 1. The first kappa shape index (κ1) is 25.3. The lowest BCUT2D eigenvalue weighted by Crippen LogP contribution is -2.32. The topological polar surface area (TPSA) is 72.5 Å². The standard InChI is InChI=1S/C29H23Cl2NO4S/c1-29(17-19-5-8-24(30)9-6-19)18-23-16-21(7-14-27(23)36-29)20-3-2-4-22(15-20)28(33)32-37(34,35)26-12-10-25(31)11-13-26/h2-16H,17-18H2,1H3,(H,32,33). The molecular weight excluding hydrogens is 529 g/mol. The number of amides is 1. The summed E-state index contributed by atoms with van der Waals surface area (Å²) in [5.74, 6) is 0.125. The molecule has 4 aromatic rings. The first-order valence-corrected chi connectivity index (χ1v) is 13.8. The Labute approximate surface area is 226 Å². The smallest absolute Gasteiger partial charge is 0.265 e. The van der Waals surface area contributed by atoms with E-state index in [9.17, 15) is 13.2 Å². The summed E-state index contributed by atoms with van der Waals surface area (Å²) in [6.45, 7) is 2.09. The Morgan fingerprint density at radius 2 is 1.54 bits per heavy atom. The second-order valence-corrected chi connectivity index (χ2v) is 11.9. The van der Waals surface area contributed by atoms with Crippen molar-refractivity contribution >= 4 is 39.1 Å². The summed E-state index contributed by atoms with van der Waals surface area (Å²) >= 11 is 11.9. The van der Waals surface area contributed by atoms with Crippen LogP contribution in [0.2, 0.25) is 10.0 Å². The van der Waals surface area contributed by atoms with Gasteiger partial charge in [0.25, 0.3) is 15.9 Å². The number of hydrogen-bond donors (Lipinski definition) is 1. The minimum Gasteiger partial charge on any atom is -0.487 e. The van der Waals surface area contributed by atoms with Crippen molar-refractivity contribution in [3.8, 4) is 16.9 Å². The third-order valence-corrected chi connectivity index (χ3v) is 8.13. The SMILES string of the molecule is CC1(Cc2ccc(Cl)cc2)Cc2cc(-c3cccc(C(=O)NS(=O)(=O)c4ccc(Cl)cc4)c3)ccc2O1. The van der Waals surface area contributed by atoms with Crippen LogP contribution in [0.15, 0.2) is 95.9 Å². The van der Waals surface area contributed by atoms with Gasteiger partial charge in [0.15, 0.2) is 0 Å². The van der Waals surface area contributed by atoms with Crippen molar-refractivity contribution < 1.29 is 17.9 Å². The van der Waals surface area contributed by atoms with E-state index >= 15 is 0 Å². The predicted octanol–water partition coefficient (Wildman–Crippen LogP) is 6.72. The molecule has 5 rings (SSSR count). The summed E-state index contributed by atoms with van der Waals surface area (Å²) in [7, 11) is -4.03. The zero-order valence-electron chi connectivity index (χ0n) is 19.9. The molecule has 5 nitrogen and oxygen atoms in total. The van der Waals surface area contributed by atoms with Crippen molar-refractivity contribution in [1.82, 2.24) is 4.72 Å². The molecule has 1 N–H and O–H groups in total. The number of ether oxygens (including phenoxy) is 1. The Balaban J connectivity index is 1.33. The molecule has 1 aliphatic rings. The summed E-state index contributed by atoms with van der Waals surface area (Å²) in [6.07, 6.45) is 1.48. The van der Waals surface area contributed by atoms with Gasteiger partial charge in [0.05, 0.1) is 4.90 Å². The van der Waals surface area contributed by atoms with Gasteiger partial charge >= 0.3 is 0 Å². The number of rotatable bonds is 6. The average Bonchev–Trinajstić information content (AvgIpc) is 3.20. The molecule has 1 heterocycles. The van der Waals surface area contributed by atoms with Crippen LogP contribution < -0.4 is 9.46 Å². The Bertz CT molecular complexity index is 1590. The van der Waals surface area contributed by atoms with Crippen LogP contribution in [0.3, 0.4) is 0 Å². The van der Waals surface area contributed by atoms with Crippen molar-refractivity contribution in [2.45, 2.75) is 30.3 Å². The van der Waals surface area contributed by atoms with Crippen molar-refractivity contribution in [3.05, 3.63) is 118 Å². The number of fused-ring (bicyclic) bond motifs is 1. The Kier molecular flexibility index (Phi) is 6.75. The van der Waals surface area contributed by atoms with Gasteiger partial charge in [-0.05, 0) is 89.8 Å². The number of carbonyl (C=O) groups is 1. The molecule has 0 saturated carbocycles. The van der Waals surface area contributed by atoms with Crippen LogP contribution in [0.1, 0.15) is 28.4 Å². The number of halogens is 2. The fourth-order valence-electron chi connectivity index (χ4n) is 4.53. The predicted molar refractivity (Wildman–Crippen MR) is 146 cm³/mol. The van der Waals surface area contributed by atoms with Gasteiger partial charge in [-0.15, -0.1) is 0 Å². The Morgan fingerprint density at radius 3 is 2.24 bits per heavy atom. The highest BCUT2D eigenvalue weighted by Gasteiger charge is 2.35. The Hall–Kier alpha value is -3.32. The Morgan fingerprint density at radius 1 is 0.892 bits per heavy atom. The minimum atomic E-state index is -4.03. The summed E-state index contributed by atoms with van der Waals surface area (Å²) in [5, 5.41) is 1.11. The van der Waals surface area contributed by atoms with E-state index in [1.807, 2.05) is 42.5 Å². The second-order valence-electron chi connectivity index (χ2n) is 9.32. The molecule has 0 saturated heterocycles. The van der Waals surface area contributed by atoms with E-state index in [1.165, 1.54) is 24.3 Å². The van der Waals surface area contributed by atoms with E-state index in [0.29, 0.717) is 10.0 Å². The summed E-state index contributed by atoms with van der Waals surface area (Å²) in [6, 6.07) is 26.2. The molecule has 0 fully saturated rings. The normalized spacial score (nSPS) is 16.6. The number of benzene rings is 4. The van der Waals surface area contributed by atoms with Crippen LogP contribution in [0.4, 0.5) is 0 Å². The van der Waals surface area contributed by atoms with Crippen LogP contribution in [0.25, 0.3) is 11.1 Å². The van der Waals surface area contributed by atoms with Crippen LogP contribution in [-0.2, 0) is 22.9 Å². The summed E-state index contributed by atoms with van der Waals surface area (Å²) in [5.41, 5.74) is 3.78. The fourth-order valence-corrected chi connectivity index (χ4v) is 5.75. The largest absolute Gasteiger partial charge is 0.487 e. The van der Waals surface area contributed by atoms with Gasteiger partial charge in [-0.25, -0.2) is 13.1 Å². The third-order valence-electron chi connectivity index (χ3n) is 6.28. The quantitative estimate of drug-likeness (QED) is 0.289. The molecule has 1 amide bonds. The lowest BCUT2D eigenvalue weighted by Gasteiger charge is -2.24. The van der Waals surface area contributed by atoms with E-state index < -0.39 is 15.9 Å². The molecule has 37 heavy (non-hydrogen) atoms. The lowest BCUT2D eigenvalue weighted by molar-refractivity contribution is 0.0981. The van der Waals surface area contributed by atoms with Crippen LogP contribution >= 0.6 is 23.2 Å². The maximum absolute atomic E-state index is 12.8. The lowest BCUT2D eigenvalue weighted by atomic mass is 9.91. The van der Waals surface area contributed by atoms with Crippen LogP contribution in [0, 0.1) is 0 Å². The van der Waals surface area contributed by atoms with E-state index in [-0.39, 0.29) is 16.1 Å². The molecule has 0 aromatic heterocycles. The van der Waals surface area contributed by atoms with E-state index in [0.717, 1.165) is 40.8 Å². The molecule has 0 bridgehead atoms. The molecular formula is C29H23Cl2NO4S. The molecule has 1 atom stereocenters. The van der Waals surface area contributed by atoms with E-state index in [1.54, 1.807) is 18.2 Å². The van der Waals surface area contributed by atoms with Gasteiger partial charge in [0, 0.05) is 28.5 Å². The van der Waals surface area contributed by atoms with Gasteiger partial charge in [-0.3, -0.25) is 4.79 Å². The summed E-state index contributed by atoms with van der Waals surface area (Å²) in [4.78, 5) is 12.8. The van der Waals surface area contributed by atoms with Crippen LogP contribution in [0.5, 0.6) is 5.75 Å². The van der Waals surface area contributed by atoms with Gasteiger partial charge in [0.1, 0.15) is 11.4 Å². The maximum atomic E-state index is 12.8. The second kappa shape index (κ2) is 9.86. The molecule has 0 aliphatic carbocycles. The zero-order valence-corrected chi connectivity index (χ0v) is 22.2. The van der Waals surface area contributed by atoms with Crippen molar-refractivity contribution in [1.29, 1.82) is 0 Å². The van der Waals surface area contributed by atoms with Gasteiger partial charge in [0.2, 0.25) is 0 Å². The zero-order chi connectivity index (χ0) is 26.2. The van der Waals surface area contributed by atoms with Crippen LogP contribution in [-0.4, -0.2) is 19.9 Å².